The van der Waals surface area contributed by atoms with Crippen LogP contribution in [0.2, 0.25) is 0 Å². The Kier molecular flexibility index (Phi) is 7.03. The summed E-state index contributed by atoms with van der Waals surface area (Å²) in [5.41, 5.74) is 0.826. The van der Waals surface area contributed by atoms with Gasteiger partial charge in [-0.25, -0.2) is 4.98 Å². The van der Waals surface area contributed by atoms with Crippen LogP contribution in [0, 0.1) is 0 Å². The summed E-state index contributed by atoms with van der Waals surface area (Å²) in [5.74, 6) is 1.85. The van der Waals surface area contributed by atoms with Crippen LogP contribution in [0.25, 0.3) is 0 Å². The second-order valence-electron chi connectivity index (χ2n) is 5.62. The highest BCUT2D eigenvalue weighted by Crippen LogP contribution is 2.26. The lowest BCUT2D eigenvalue weighted by Crippen LogP contribution is -2.40. The number of ether oxygens (including phenoxy) is 2. The molecule has 1 aliphatic heterocycles. The molecule has 1 aromatic carbocycles. The van der Waals surface area contributed by atoms with Gasteiger partial charge in [0.1, 0.15) is 11.5 Å². The summed E-state index contributed by atoms with van der Waals surface area (Å²) in [5, 5.41) is 6.13. The predicted molar refractivity (Wildman–Crippen MR) is 97.4 cm³/mol. The van der Waals surface area contributed by atoms with Crippen molar-refractivity contribution < 1.29 is 14.3 Å². The lowest BCUT2D eigenvalue weighted by molar-refractivity contribution is -0.122. The quantitative estimate of drug-likeness (QED) is 0.825. The molecule has 7 heteroatoms. The van der Waals surface area contributed by atoms with E-state index in [1.165, 1.54) is 0 Å². The number of carbonyl (C=O) groups is 1. The van der Waals surface area contributed by atoms with E-state index in [0.717, 1.165) is 24.9 Å². The molecule has 134 valence electrons. The molecule has 1 atom stereocenters. The molecular formula is C18H22ClN3O3. The number of amides is 1. The Hall–Kier alpha value is -2.31. The molecule has 1 unspecified atom stereocenters. The maximum Gasteiger partial charge on any atom is 0.237 e. The zero-order chi connectivity index (χ0) is 16.8. The number of hydrogen-bond acceptors (Lipinski definition) is 5. The van der Waals surface area contributed by atoms with Gasteiger partial charge in [0.25, 0.3) is 0 Å². The van der Waals surface area contributed by atoms with Crippen LogP contribution in [-0.2, 0) is 11.3 Å². The number of nitrogens with one attached hydrogen (secondary N) is 2. The highest BCUT2D eigenvalue weighted by Gasteiger charge is 2.21. The average molecular weight is 364 g/mol. The summed E-state index contributed by atoms with van der Waals surface area (Å²) < 4.78 is 11.0. The van der Waals surface area contributed by atoms with Crippen LogP contribution in [0.3, 0.4) is 0 Å². The Bertz CT molecular complexity index is 705. The molecule has 0 aliphatic carbocycles. The molecule has 0 saturated carbocycles. The van der Waals surface area contributed by atoms with Crippen LogP contribution in [0.1, 0.15) is 18.4 Å². The van der Waals surface area contributed by atoms with Gasteiger partial charge in [-0.2, -0.15) is 0 Å². The van der Waals surface area contributed by atoms with Crippen molar-refractivity contribution in [2.45, 2.75) is 25.4 Å². The van der Waals surface area contributed by atoms with Crippen LogP contribution in [0.15, 0.2) is 42.6 Å². The zero-order valence-electron chi connectivity index (χ0n) is 14.0. The average Bonchev–Trinajstić information content (AvgIpc) is 3.16. The van der Waals surface area contributed by atoms with Gasteiger partial charge >= 0.3 is 0 Å². The van der Waals surface area contributed by atoms with Crippen LogP contribution in [0.5, 0.6) is 17.4 Å². The van der Waals surface area contributed by atoms with Gasteiger partial charge in [0.15, 0.2) is 0 Å². The van der Waals surface area contributed by atoms with E-state index in [0.29, 0.717) is 23.9 Å². The second kappa shape index (κ2) is 9.25. The molecule has 1 aliphatic rings. The minimum Gasteiger partial charge on any atom is -0.497 e. The third kappa shape index (κ3) is 5.08. The van der Waals surface area contributed by atoms with Crippen molar-refractivity contribution in [3.8, 4) is 17.4 Å². The standard InChI is InChI=1S/C18H21N3O3.ClH/c1-23-14-6-2-7-15(11-14)24-18-13(5-3-10-20-18)12-21-17(22)16-8-4-9-19-16;/h2-3,5-7,10-11,16,19H,4,8-9,12H2,1H3,(H,21,22);1H. The highest BCUT2D eigenvalue weighted by atomic mass is 35.5. The Morgan fingerprint density at radius 1 is 1.32 bits per heavy atom. The Balaban J connectivity index is 0.00000225. The second-order valence-corrected chi connectivity index (χ2v) is 5.62. The van der Waals surface area contributed by atoms with E-state index >= 15 is 0 Å². The fourth-order valence-electron chi connectivity index (χ4n) is 2.64. The lowest BCUT2D eigenvalue weighted by Gasteiger charge is -2.13. The summed E-state index contributed by atoms with van der Waals surface area (Å²) >= 11 is 0. The third-order valence-corrected chi connectivity index (χ3v) is 3.94. The molecular weight excluding hydrogens is 342 g/mol. The lowest BCUT2D eigenvalue weighted by atomic mass is 10.2. The van der Waals surface area contributed by atoms with Gasteiger partial charge in [0, 0.05) is 24.4 Å². The van der Waals surface area contributed by atoms with E-state index in [9.17, 15) is 4.79 Å². The number of nitrogens with zero attached hydrogens (tertiary/aromatic N) is 1. The van der Waals surface area contributed by atoms with Crippen LogP contribution < -0.4 is 20.1 Å². The van der Waals surface area contributed by atoms with E-state index in [2.05, 4.69) is 15.6 Å². The summed E-state index contributed by atoms with van der Waals surface area (Å²) in [6, 6.07) is 11.0. The summed E-state index contributed by atoms with van der Waals surface area (Å²) in [4.78, 5) is 16.4. The fraction of sp³-hybridized carbons (Fsp3) is 0.333. The summed E-state index contributed by atoms with van der Waals surface area (Å²) in [6.45, 7) is 1.28. The van der Waals surface area contributed by atoms with Crippen LogP contribution in [-0.4, -0.2) is 30.6 Å². The van der Waals surface area contributed by atoms with Crippen molar-refractivity contribution in [1.82, 2.24) is 15.6 Å². The van der Waals surface area contributed by atoms with Gasteiger partial charge in [-0.3, -0.25) is 4.79 Å². The normalized spacial score (nSPS) is 16.0. The first-order valence-electron chi connectivity index (χ1n) is 8.03. The number of methoxy groups -OCH3 is 1. The Labute approximate surface area is 153 Å². The van der Waals surface area contributed by atoms with E-state index in [1.54, 1.807) is 19.4 Å². The largest absolute Gasteiger partial charge is 0.497 e. The van der Waals surface area contributed by atoms with Crippen molar-refractivity contribution in [2.24, 2.45) is 0 Å². The van der Waals surface area contributed by atoms with Gasteiger partial charge in [0.2, 0.25) is 11.8 Å². The molecule has 6 nitrogen and oxygen atoms in total. The molecule has 1 fully saturated rings. The van der Waals surface area contributed by atoms with E-state index in [4.69, 9.17) is 9.47 Å². The van der Waals surface area contributed by atoms with E-state index < -0.39 is 0 Å². The summed E-state index contributed by atoms with van der Waals surface area (Å²) in [6.07, 6.45) is 3.58. The monoisotopic (exact) mass is 363 g/mol. The van der Waals surface area contributed by atoms with E-state index in [-0.39, 0.29) is 24.4 Å². The number of carbonyl (C=O) groups excluding carboxylic acids is 1. The Morgan fingerprint density at radius 3 is 2.92 bits per heavy atom. The SMILES string of the molecule is COc1cccc(Oc2ncccc2CNC(=O)C2CCCN2)c1.Cl. The van der Waals surface area contributed by atoms with Crippen LogP contribution >= 0.6 is 12.4 Å². The maximum absolute atomic E-state index is 12.1. The van der Waals surface area contributed by atoms with Gasteiger partial charge in [-0.15, -0.1) is 12.4 Å². The third-order valence-electron chi connectivity index (χ3n) is 3.94. The van der Waals surface area contributed by atoms with Gasteiger partial charge in [-0.05, 0) is 37.6 Å². The molecule has 1 saturated heterocycles. The van der Waals surface area contributed by atoms with Crippen molar-refractivity contribution in [1.29, 1.82) is 0 Å². The predicted octanol–water partition coefficient (Wildman–Crippen LogP) is 2.67. The Morgan fingerprint density at radius 2 is 2.16 bits per heavy atom. The van der Waals surface area contributed by atoms with Crippen molar-refractivity contribution in [3.05, 3.63) is 48.2 Å². The maximum atomic E-state index is 12.1. The van der Waals surface area contributed by atoms with Crippen LogP contribution in [0.4, 0.5) is 0 Å². The molecule has 3 rings (SSSR count). The molecule has 2 N–H and O–H groups in total. The number of hydrogen-bond donors (Lipinski definition) is 2. The first-order chi connectivity index (χ1) is 11.8. The minimum atomic E-state index is -0.0931. The molecule has 0 radical (unpaired) electrons. The summed E-state index contributed by atoms with van der Waals surface area (Å²) in [7, 11) is 1.61. The molecule has 25 heavy (non-hydrogen) atoms. The number of benzene rings is 1. The smallest absolute Gasteiger partial charge is 0.237 e. The topological polar surface area (TPSA) is 72.5 Å². The highest BCUT2D eigenvalue weighted by molar-refractivity contribution is 5.85. The molecule has 0 spiro atoms. The first kappa shape index (κ1) is 19.0. The number of aromatic nitrogens is 1. The minimum absolute atomic E-state index is 0. The molecule has 2 aromatic rings. The van der Waals surface area contributed by atoms with Crippen molar-refractivity contribution in [2.75, 3.05) is 13.7 Å². The van der Waals surface area contributed by atoms with Gasteiger partial charge in [0.05, 0.1) is 13.2 Å². The molecule has 1 aromatic heterocycles. The van der Waals surface area contributed by atoms with Crippen molar-refractivity contribution >= 4 is 18.3 Å². The number of pyridine rings is 1. The van der Waals surface area contributed by atoms with Crippen molar-refractivity contribution in [3.63, 3.8) is 0 Å². The zero-order valence-corrected chi connectivity index (χ0v) is 14.8. The van der Waals surface area contributed by atoms with Gasteiger partial charge in [-0.1, -0.05) is 12.1 Å². The molecule has 0 bridgehead atoms. The van der Waals surface area contributed by atoms with Gasteiger partial charge < -0.3 is 20.1 Å². The number of halogens is 1. The fourth-order valence-corrected chi connectivity index (χ4v) is 2.64. The molecule has 1 amide bonds. The first-order valence-corrected chi connectivity index (χ1v) is 8.03. The number of rotatable bonds is 6. The van der Waals surface area contributed by atoms with E-state index in [1.807, 2.05) is 30.3 Å². The molecule has 2 heterocycles.